The maximum Gasteiger partial charge on any atom is 0.268 e. The zero-order chi connectivity index (χ0) is 21.2. The van der Waals surface area contributed by atoms with Gasteiger partial charge in [0.1, 0.15) is 5.69 Å². The molecular formula is C22H25N3O3S. The van der Waals surface area contributed by atoms with Gasteiger partial charge in [-0.3, -0.25) is 4.79 Å². The number of amides is 1. The summed E-state index contributed by atoms with van der Waals surface area (Å²) in [4.78, 5) is 13.1. The van der Waals surface area contributed by atoms with Crippen LogP contribution in [0.3, 0.4) is 0 Å². The van der Waals surface area contributed by atoms with Gasteiger partial charge in [0.15, 0.2) is 0 Å². The maximum absolute atomic E-state index is 12.9. The number of aryl methyl sites for hydroxylation is 1. The van der Waals surface area contributed by atoms with Crippen LogP contribution in [0.4, 0.5) is 0 Å². The van der Waals surface area contributed by atoms with E-state index in [-0.39, 0.29) is 10.8 Å². The van der Waals surface area contributed by atoms with Crippen LogP contribution in [0.2, 0.25) is 0 Å². The van der Waals surface area contributed by atoms with Crippen LogP contribution in [0.5, 0.6) is 0 Å². The Balaban J connectivity index is 1.96. The Bertz CT molecular complexity index is 1180. The molecular weight excluding hydrogens is 386 g/mol. The lowest BCUT2D eigenvalue weighted by molar-refractivity contribution is 0.0942. The molecule has 1 aromatic heterocycles. The van der Waals surface area contributed by atoms with Gasteiger partial charge in [-0.05, 0) is 36.8 Å². The average molecular weight is 412 g/mol. The number of carbonyl (C=O) groups excluding carboxylic acids is 1. The molecule has 0 aliphatic rings. The summed E-state index contributed by atoms with van der Waals surface area (Å²) in [5.74, 6) is -0.221. The molecule has 0 radical (unpaired) electrons. The van der Waals surface area contributed by atoms with Crippen LogP contribution in [0.1, 0.15) is 21.6 Å². The third-order valence-corrected chi connectivity index (χ3v) is 6.54. The van der Waals surface area contributed by atoms with Gasteiger partial charge in [0.2, 0.25) is 10.0 Å². The topological polar surface area (TPSA) is 71.4 Å². The number of carbonyl (C=O) groups is 1. The van der Waals surface area contributed by atoms with E-state index in [2.05, 4.69) is 11.9 Å². The summed E-state index contributed by atoms with van der Waals surface area (Å²) < 4.78 is 27.9. The molecule has 3 aromatic rings. The van der Waals surface area contributed by atoms with E-state index in [9.17, 15) is 13.2 Å². The standard InChI is InChI=1S/C22H25N3O3S/c1-5-11-25-20-10-9-19(29(27,28)24(3)4)13-18(20)14-21(25)22(26)23-15-17-8-6-7-16(2)12-17/h5-10,12-14H,1,11,15H2,2-4H3,(H,23,26). The molecule has 2 aromatic carbocycles. The second kappa shape index (κ2) is 8.23. The SMILES string of the molecule is C=CCn1c(C(=O)NCc2cccc(C)c2)cc2cc(S(=O)(=O)N(C)C)ccc21. The molecule has 1 N–H and O–H groups in total. The van der Waals surface area contributed by atoms with Gasteiger partial charge in [-0.1, -0.05) is 35.9 Å². The number of fused-ring (bicyclic) bond motifs is 1. The fourth-order valence-corrected chi connectivity index (χ4v) is 4.17. The summed E-state index contributed by atoms with van der Waals surface area (Å²) >= 11 is 0. The summed E-state index contributed by atoms with van der Waals surface area (Å²) in [6.45, 7) is 6.63. The number of allylic oxidation sites excluding steroid dienone is 1. The lowest BCUT2D eigenvalue weighted by Crippen LogP contribution is -2.25. The van der Waals surface area contributed by atoms with Crippen molar-refractivity contribution in [3.8, 4) is 0 Å². The first kappa shape index (κ1) is 20.8. The van der Waals surface area contributed by atoms with Crippen LogP contribution >= 0.6 is 0 Å². The molecule has 0 bridgehead atoms. The minimum absolute atomic E-state index is 0.192. The summed E-state index contributed by atoms with van der Waals surface area (Å²) in [7, 11) is -0.566. The van der Waals surface area contributed by atoms with Crippen LogP contribution in [0.15, 0.2) is 66.1 Å². The quantitative estimate of drug-likeness (QED) is 0.606. The van der Waals surface area contributed by atoms with Crippen molar-refractivity contribution in [3.63, 3.8) is 0 Å². The van der Waals surface area contributed by atoms with Crippen LogP contribution in [-0.4, -0.2) is 37.3 Å². The number of benzene rings is 2. The van der Waals surface area contributed by atoms with Gasteiger partial charge in [-0.2, -0.15) is 0 Å². The molecule has 0 spiro atoms. The average Bonchev–Trinajstić information content (AvgIpc) is 3.04. The summed E-state index contributed by atoms with van der Waals surface area (Å²) in [6.07, 6.45) is 1.71. The zero-order valence-electron chi connectivity index (χ0n) is 16.8. The molecule has 3 rings (SSSR count). The zero-order valence-corrected chi connectivity index (χ0v) is 17.7. The molecule has 0 aliphatic carbocycles. The Kier molecular flexibility index (Phi) is 5.91. The Morgan fingerprint density at radius 2 is 1.93 bits per heavy atom. The van der Waals surface area contributed by atoms with Crippen molar-refractivity contribution in [2.24, 2.45) is 0 Å². The molecule has 0 saturated heterocycles. The minimum Gasteiger partial charge on any atom is -0.347 e. The first-order valence-corrected chi connectivity index (χ1v) is 10.7. The number of aromatic nitrogens is 1. The molecule has 0 fully saturated rings. The number of rotatable bonds is 7. The minimum atomic E-state index is -3.55. The van der Waals surface area contributed by atoms with E-state index in [1.807, 2.05) is 35.8 Å². The third kappa shape index (κ3) is 4.26. The first-order chi connectivity index (χ1) is 13.7. The highest BCUT2D eigenvalue weighted by molar-refractivity contribution is 7.89. The van der Waals surface area contributed by atoms with Gasteiger partial charge < -0.3 is 9.88 Å². The molecule has 152 valence electrons. The van der Waals surface area contributed by atoms with Gasteiger partial charge in [-0.25, -0.2) is 12.7 Å². The van der Waals surface area contributed by atoms with E-state index in [1.54, 1.807) is 30.3 Å². The van der Waals surface area contributed by atoms with Crippen molar-refractivity contribution in [2.75, 3.05) is 14.1 Å². The second-order valence-corrected chi connectivity index (χ2v) is 9.26. The molecule has 0 saturated carbocycles. The lowest BCUT2D eigenvalue weighted by Gasteiger charge is -2.12. The molecule has 0 unspecified atom stereocenters. The van der Waals surface area contributed by atoms with Crippen LogP contribution in [0.25, 0.3) is 10.9 Å². The fraction of sp³-hybridized carbons (Fsp3) is 0.227. The molecule has 0 aliphatic heterocycles. The summed E-state index contributed by atoms with van der Waals surface area (Å²) in [5, 5.41) is 3.64. The highest BCUT2D eigenvalue weighted by Crippen LogP contribution is 2.25. The predicted molar refractivity (Wildman–Crippen MR) is 115 cm³/mol. The van der Waals surface area contributed by atoms with Gasteiger partial charge in [-0.15, -0.1) is 6.58 Å². The number of nitrogens with one attached hydrogen (secondary N) is 1. The van der Waals surface area contributed by atoms with E-state index in [0.29, 0.717) is 24.2 Å². The maximum atomic E-state index is 12.9. The van der Waals surface area contributed by atoms with Crippen molar-refractivity contribution in [1.82, 2.24) is 14.2 Å². The van der Waals surface area contributed by atoms with Crippen molar-refractivity contribution in [3.05, 3.63) is 78.0 Å². The van der Waals surface area contributed by atoms with Gasteiger partial charge in [0, 0.05) is 38.1 Å². The fourth-order valence-electron chi connectivity index (χ4n) is 3.23. The summed E-state index contributed by atoms with van der Waals surface area (Å²) in [5.41, 5.74) is 3.39. The van der Waals surface area contributed by atoms with E-state index in [4.69, 9.17) is 0 Å². The smallest absolute Gasteiger partial charge is 0.268 e. The van der Waals surface area contributed by atoms with Crippen molar-refractivity contribution in [2.45, 2.75) is 24.9 Å². The van der Waals surface area contributed by atoms with Crippen molar-refractivity contribution in [1.29, 1.82) is 0 Å². The first-order valence-electron chi connectivity index (χ1n) is 9.24. The van der Waals surface area contributed by atoms with Crippen molar-refractivity contribution < 1.29 is 13.2 Å². The Hall–Kier alpha value is -2.90. The number of sulfonamides is 1. The van der Waals surface area contributed by atoms with Gasteiger partial charge in [0.25, 0.3) is 5.91 Å². The molecule has 1 amide bonds. The largest absolute Gasteiger partial charge is 0.347 e. The third-order valence-electron chi connectivity index (χ3n) is 4.73. The van der Waals surface area contributed by atoms with E-state index in [0.717, 1.165) is 16.6 Å². The predicted octanol–water partition coefficient (Wildman–Crippen LogP) is 3.32. The monoisotopic (exact) mass is 411 g/mol. The van der Waals surface area contributed by atoms with Crippen LogP contribution in [-0.2, 0) is 23.1 Å². The molecule has 29 heavy (non-hydrogen) atoms. The van der Waals surface area contributed by atoms with Crippen molar-refractivity contribution >= 4 is 26.8 Å². The summed E-state index contributed by atoms with van der Waals surface area (Å²) in [6, 6.07) is 14.6. The normalized spacial score (nSPS) is 11.7. The number of hydrogen-bond acceptors (Lipinski definition) is 3. The molecule has 0 atom stereocenters. The number of hydrogen-bond donors (Lipinski definition) is 1. The second-order valence-electron chi connectivity index (χ2n) is 7.11. The lowest BCUT2D eigenvalue weighted by atomic mass is 10.1. The van der Waals surface area contributed by atoms with Gasteiger partial charge in [0.05, 0.1) is 4.90 Å². The van der Waals surface area contributed by atoms with E-state index >= 15 is 0 Å². The number of nitrogens with zero attached hydrogens (tertiary/aromatic N) is 2. The Labute approximate surface area is 171 Å². The van der Waals surface area contributed by atoms with Crippen LogP contribution < -0.4 is 5.32 Å². The Morgan fingerprint density at radius 3 is 2.59 bits per heavy atom. The molecule has 1 heterocycles. The molecule has 7 heteroatoms. The van der Waals surface area contributed by atoms with Gasteiger partial charge >= 0.3 is 0 Å². The van der Waals surface area contributed by atoms with E-state index in [1.165, 1.54) is 18.4 Å². The highest BCUT2D eigenvalue weighted by atomic mass is 32.2. The molecule has 6 nitrogen and oxygen atoms in total. The highest BCUT2D eigenvalue weighted by Gasteiger charge is 2.20. The van der Waals surface area contributed by atoms with E-state index < -0.39 is 10.0 Å². The van der Waals surface area contributed by atoms with Crippen LogP contribution in [0, 0.1) is 6.92 Å². The Morgan fingerprint density at radius 1 is 1.17 bits per heavy atom.